The number of phenols is 1. The fourth-order valence-electron chi connectivity index (χ4n) is 1.94. The summed E-state index contributed by atoms with van der Waals surface area (Å²) >= 11 is 12.5. The zero-order chi connectivity index (χ0) is 13.4. The van der Waals surface area contributed by atoms with E-state index in [2.05, 4.69) is 9.97 Å². The predicted molar refractivity (Wildman–Crippen MR) is 76.7 cm³/mol. The van der Waals surface area contributed by atoms with Crippen molar-refractivity contribution in [2.45, 2.75) is 0 Å². The summed E-state index contributed by atoms with van der Waals surface area (Å²) in [6.45, 7) is 0. The van der Waals surface area contributed by atoms with Gasteiger partial charge in [0.25, 0.3) is 0 Å². The van der Waals surface area contributed by atoms with Gasteiger partial charge in [0.2, 0.25) is 0 Å². The molecule has 0 unspecified atom stereocenters. The van der Waals surface area contributed by atoms with E-state index in [1.807, 2.05) is 0 Å². The molecule has 0 saturated carbocycles. The summed E-state index contributed by atoms with van der Waals surface area (Å²) in [4.78, 5) is 8.46. The number of hydrogen-bond donors (Lipinski definition) is 1. The highest BCUT2D eigenvalue weighted by atomic mass is 35.5. The molecule has 94 valence electrons. The van der Waals surface area contributed by atoms with Gasteiger partial charge in [-0.2, -0.15) is 0 Å². The van der Waals surface area contributed by atoms with Crippen LogP contribution in [0.2, 0.25) is 10.2 Å². The Hall–Kier alpha value is -1.84. The summed E-state index contributed by atoms with van der Waals surface area (Å²) in [5.41, 5.74) is 2.22. The van der Waals surface area contributed by atoms with Crippen molar-refractivity contribution in [2.24, 2.45) is 0 Å². The minimum absolute atomic E-state index is 0.100. The average Bonchev–Trinajstić information content (AvgIpc) is 2.41. The molecule has 5 heteroatoms. The van der Waals surface area contributed by atoms with Crippen LogP contribution in [0.25, 0.3) is 22.2 Å². The summed E-state index contributed by atoms with van der Waals surface area (Å²) in [6.07, 6.45) is 1.64. The van der Waals surface area contributed by atoms with Crippen molar-refractivity contribution in [1.29, 1.82) is 0 Å². The Morgan fingerprint density at radius 1 is 1.00 bits per heavy atom. The second-order valence-electron chi connectivity index (χ2n) is 3.98. The van der Waals surface area contributed by atoms with E-state index in [4.69, 9.17) is 23.2 Å². The van der Waals surface area contributed by atoms with Gasteiger partial charge < -0.3 is 5.11 Å². The molecule has 0 saturated heterocycles. The van der Waals surface area contributed by atoms with Gasteiger partial charge in [0.05, 0.1) is 10.5 Å². The Balaban J connectivity index is 2.39. The summed E-state index contributed by atoms with van der Waals surface area (Å²) in [5, 5.41) is 10.5. The van der Waals surface area contributed by atoms with Gasteiger partial charge in [-0.15, -0.1) is 0 Å². The standard InChI is InChI=1S/C14H8Cl2N2O/c15-12-11(8-4-1-2-6-10(8)19)14(16)18-9-5-3-7-17-13(9)12/h1-7,19H. The molecule has 1 N–H and O–H groups in total. The SMILES string of the molecule is Oc1ccccc1-c1c(Cl)nc2cccnc2c1Cl. The van der Waals surface area contributed by atoms with Gasteiger partial charge in [-0.05, 0) is 18.2 Å². The molecule has 2 heterocycles. The number of fused-ring (bicyclic) bond motifs is 1. The smallest absolute Gasteiger partial charge is 0.139 e. The second kappa shape index (κ2) is 4.68. The third-order valence-electron chi connectivity index (χ3n) is 2.81. The van der Waals surface area contributed by atoms with E-state index < -0.39 is 0 Å². The number of nitrogens with zero attached hydrogens (tertiary/aromatic N) is 2. The fourth-order valence-corrected chi connectivity index (χ4v) is 2.61. The average molecular weight is 291 g/mol. The lowest BCUT2D eigenvalue weighted by molar-refractivity contribution is 0.477. The largest absolute Gasteiger partial charge is 0.507 e. The molecule has 0 spiro atoms. The van der Waals surface area contributed by atoms with E-state index in [1.54, 1.807) is 42.6 Å². The normalized spacial score (nSPS) is 10.8. The van der Waals surface area contributed by atoms with Gasteiger partial charge in [-0.3, -0.25) is 4.98 Å². The molecule has 0 bridgehead atoms. The van der Waals surface area contributed by atoms with E-state index in [1.165, 1.54) is 0 Å². The fraction of sp³-hybridized carbons (Fsp3) is 0. The highest BCUT2D eigenvalue weighted by Crippen LogP contribution is 2.40. The first-order valence-corrected chi connectivity index (χ1v) is 6.32. The van der Waals surface area contributed by atoms with Crippen molar-refractivity contribution < 1.29 is 5.11 Å². The molecule has 0 fully saturated rings. The Morgan fingerprint density at radius 2 is 1.79 bits per heavy atom. The molecular formula is C14H8Cl2N2O. The number of pyridine rings is 2. The lowest BCUT2D eigenvalue weighted by Gasteiger charge is -2.10. The molecule has 19 heavy (non-hydrogen) atoms. The molecule has 3 nitrogen and oxygen atoms in total. The van der Waals surface area contributed by atoms with Gasteiger partial charge in [-0.25, -0.2) is 4.98 Å². The third kappa shape index (κ3) is 2.01. The molecule has 0 aliphatic rings. The monoisotopic (exact) mass is 290 g/mol. The lowest BCUT2D eigenvalue weighted by atomic mass is 10.1. The topological polar surface area (TPSA) is 46.0 Å². The van der Waals surface area contributed by atoms with Crippen LogP contribution in [-0.4, -0.2) is 15.1 Å². The van der Waals surface area contributed by atoms with Crippen LogP contribution in [0.15, 0.2) is 42.6 Å². The maximum Gasteiger partial charge on any atom is 0.139 e. The first-order valence-electron chi connectivity index (χ1n) is 5.56. The van der Waals surface area contributed by atoms with Crippen molar-refractivity contribution in [2.75, 3.05) is 0 Å². The first-order chi connectivity index (χ1) is 9.18. The van der Waals surface area contributed by atoms with Crippen LogP contribution in [0, 0.1) is 0 Å². The van der Waals surface area contributed by atoms with Gasteiger partial charge in [0.15, 0.2) is 0 Å². The zero-order valence-electron chi connectivity index (χ0n) is 9.64. The molecule has 0 amide bonds. The quantitative estimate of drug-likeness (QED) is 0.679. The predicted octanol–water partition coefficient (Wildman–Crippen LogP) is 4.31. The molecule has 0 aliphatic carbocycles. The number of aromatic hydroxyl groups is 1. The summed E-state index contributed by atoms with van der Waals surface area (Å²) in [7, 11) is 0. The van der Waals surface area contributed by atoms with Crippen LogP contribution < -0.4 is 0 Å². The van der Waals surface area contributed by atoms with Crippen LogP contribution in [0.4, 0.5) is 0 Å². The number of halogens is 2. The van der Waals surface area contributed by atoms with Crippen molar-refractivity contribution in [3.05, 3.63) is 52.8 Å². The maximum atomic E-state index is 9.92. The summed E-state index contributed by atoms with van der Waals surface area (Å²) < 4.78 is 0. The number of benzene rings is 1. The Bertz CT molecular complexity index is 774. The van der Waals surface area contributed by atoms with E-state index in [0.29, 0.717) is 27.2 Å². The molecule has 0 aliphatic heterocycles. The van der Waals surface area contributed by atoms with Crippen molar-refractivity contribution >= 4 is 34.2 Å². The van der Waals surface area contributed by atoms with E-state index in [0.717, 1.165) is 0 Å². The number of para-hydroxylation sites is 1. The minimum Gasteiger partial charge on any atom is -0.507 e. The van der Waals surface area contributed by atoms with Crippen LogP contribution in [0.3, 0.4) is 0 Å². The van der Waals surface area contributed by atoms with Crippen LogP contribution in [0.1, 0.15) is 0 Å². The number of rotatable bonds is 1. The van der Waals surface area contributed by atoms with Gasteiger partial charge in [0.1, 0.15) is 16.4 Å². The van der Waals surface area contributed by atoms with Crippen molar-refractivity contribution in [3.63, 3.8) is 0 Å². The van der Waals surface area contributed by atoms with Crippen molar-refractivity contribution in [3.8, 4) is 16.9 Å². The van der Waals surface area contributed by atoms with E-state index in [9.17, 15) is 5.11 Å². The molecule has 1 aromatic carbocycles. The third-order valence-corrected chi connectivity index (χ3v) is 3.45. The highest BCUT2D eigenvalue weighted by molar-refractivity contribution is 6.41. The maximum absolute atomic E-state index is 9.92. The van der Waals surface area contributed by atoms with E-state index >= 15 is 0 Å². The molecule has 0 atom stereocenters. The van der Waals surface area contributed by atoms with Crippen molar-refractivity contribution in [1.82, 2.24) is 9.97 Å². The van der Waals surface area contributed by atoms with Gasteiger partial charge in [-0.1, -0.05) is 41.4 Å². The molecule has 0 radical (unpaired) electrons. The summed E-state index contributed by atoms with van der Waals surface area (Å²) in [6, 6.07) is 10.4. The number of aromatic nitrogens is 2. The number of hydrogen-bond acceptors (Lipinski definition) is 3. The molecule has 3 rings (SSSR count). The lowest BCUT2D eigenvalue weighted by Crippen LogP contribution is -1.91. The van der Waals surface area contributed by atoms with Gasteiger partial charge in [0, 0.05) is 17.3 Å². The first kappa shape index (κ1) is 12.2. The Kier molecular flexibility index (Phi) is 3.01. The highest BCUT2D eigenvalue weighted by Gasteiger charge is 2.17. The van der Waals surface area contributed by atoms with Crippen LogP contribution in [0.5, 0.6) is 5.75 Å². The van der Waals surface area contributed by atoms with Gasteiger partial charge >= 0.3 is 0 Å². The number of phenolic OH excluding ortho intramolecular Hbond substituents is 1. The second-order valence-corrected chi connectivity index (χ2v) is 4.72. The van der Waals surface area contributed by atoms with Crippen LogP contribution >= 0.6 is 23.2 Å². The minimum atomic E-state index is 0.100. The molecule has 2 aromatic heterocycles. The molecular weight excluding hydrogens is 283 g/mol. The van der Waals surface area contributed by atoms with Crippen LogP contribution in [-0.2, 0) is 0 Å². The molecule has 3 aromatic rings. The zero-order valence-corrected chi connectivity index (χ0v) is 11.2. The van der Waals surface area contributed by atoms with E-state index in [-0.39, 0.29) is 10.9 Å². The summed E-state index contributed by atoms with van der Waals surface area (Å²) in [5.74, 6) is 0.100. The Morgan fingerprint density at radius 3 is 2.58 bits per heavy atom. The Labute approximate surface area is 119 Å².